The lowest BCUT2D eigenvalue weighted by Crippen LogP contribution is -2.00. The molecule has 1 aromatic rings. The summed E-state index contributed by atoms with van der Waals surface area (Å²) in [7, 11) is 0. The minimum absolute atomic E-state index is 0.0294. The maximum absolute atomic E-state index is 8.78. The second kappa shape index (κ2) is 3.79. The van der Waals surface area contributed by atoms with Gasteiger partial charge in [0.2, 0.25) is 0 Å². The summed E-state index contributed by atoms with van der Waals surface area (Å²) in [6, 6.07) is 0. The lowest BCUT2D eigenvalue weighted by Gasteiger charge is -1.98. The van der Waals surface area contributed by atoms with E-state index in [1.807, 2.05) is 4.57 Å². The van der Waals surface area contributed by atoms with Gasteiger partial charge in [-0.25, -0.2) is 4.98 Å². The Morgan fingerprint density at radius 1 is 1.73 bits per heavy atom. The molecule has 0 amide bonds. The summed E-state index contributed by atoms with van der Waals surface area (Å²) in [4.78, 5) is 3.93. The molecule has 0 spiro atoms. The first-order valence-electron chi connectivity index (χ1n) is 3.39. The molecule has 1 aromatic heterocycles. The molecule has 0 aliphatic rings. The summed E-state index contributed by atoms with van der Waals surface area (Å²) in [5.74, 6) is 6.32. The number of nitrogens with zero attached hydrogens (tertiary/aromatic N) is 2. The molecule has 1 rings (SSSR count). The van der Waals surface area contributed by atoms with Crippen LogP contribution in [0.15, 0.2) is 12.4 Å². The SMILES string of the molecule is CC#CCn1ccnc1CO. The van der Waals surface area contributed by atoms with Crippen molar-refractivity contribution >= 4 is 0 Å². The molecule has 1 heterocycles. The summed E-state index contributed by atoms with van der Waals surface area (Å²) in [6.07, 6.45) is 3.46. The fourth-order valence-corrected chi connectivity index (χ4v) is 0.800. The molecule has 0 aliphatic heterocycles. The van der Waals surface area contributed by atoms with Gasteiger partial charge in [-0.15, -0.1) is 5.92 Å². The van der Waals surface area contributed by atoms with E-state index in [9.17, 15) is 0 Å². The molecular formula is C8H10N2O. The van der Waals surface area contributed by atoms with Crippen LogP contribution < -0.4 is 0 Å². The fourth-order valence-electron chi connectivity index (χ4n) is 0.800. The molecule has 11 heavy (non-hydrogen) atoms. The van der Waals surface area contributed by atoms with Crippen LogP contribution in [-0.2, 0) is 13.2 Å². The largest absolute Gasteiger partial charge is 0.388 e. The first kappa shape index (κ1) is 7.83. The summed E-state index contributed by atoms with van der Waals surface area (Å²) in [5, 5.41) is 8.78. The van der Waals surface area contributed by atoms with Crippen molar-refractivity contribution in [2.75, 3.05) is 0 Å². The number of rotatable bonds is 2. The van der Waals surface area contributed by atoms with E-state index >= 15 is 0 Å². The van der Waals surface area contributed by atoms with Crippen LogP contribution >= 0.6 is 0 Å². The standard InChI is InChI=1S/C8H10N2O/c1-2-3-5-10-6-4-9-8(10)7-11/h4,6,11H,5,7H2,1H3. The van der Waals surface area contributed by atoms with Crippen LogP contribution in [0.3, 0.4) is 0 Å². The van der Waals surface area contributed by atoms with Crippen LogP contribution in [0.25, 0.3) is 0 Å². The number of aliphatic hydroxyl groups excluding tert-OH is 1. The zero-order valence-electron chi connectivity index (χ0n) is 6.41. The fraction of sp³-hybridized carbons (Fsp3) is 0.375. The van der Waals surface area contributed by atoms with Crippen LogP contribution in [0, 0.1) is 11.8 Å². The van der Waals surface area contributed by atoms with Crippen molar-refractivity contribution in [3.8, 4) is 11.8 Å². The minimum atomic E-state index is -0.0294. The molecule has 0 saturated heterocycles. The average molecular weight is 150 g/mol. The highest BCUT2D eigenvalue weighted by Gasteiger charge is 1.96. The van der Waals surface area contributed by atoms with Gasteiger partial charge in [-0.1, -0.05) is 5.92 Å². The smallest absolute Gasteiger partial charge is 0.135 e. The Morgan fingerprint density at radius 2 is 2.55 bits per heavy atom. The third-order valence-corrected chi connectivity index (χ3v) is 1.37. The van der Waals surface area contributed by atoms with Gasteiger partial charge in [-0.3, -0.25) is 0 Å². The molecular weight excluding hydrogens is 140 g/mol. The Balaban J connectivity index is 2.73. The quantitative estimate of drug-likeness (QED) is 0.620. The van der Waals surface area contributed by atoms with Gasteiger partial charge in [-0.2, -0.15) is 0 Å². The average Bonchev–Trinajstić information content (AvgIpc) is 2.47. The summed E-state index contributed by atoms with van der Waals surface area (Å²) in [6.45, 7) is 2.36. The maximum atomic E-state index is 8.78. The van der Waals surface area contributed by atoms with Gasteiger partial charge in [0.25, 0.3) is 0 Å². The van der Waals surface area contributed by atoms with Crippen LogP contribution in [0.5, 0.6) is 0 Å². The molecule has 0 radical (unpaired) electrons. The topological polar surface area (TPSA) is 38.0 Å². The van der Waals surface area contributed by atoms with E-state index in [0.29, 0.717) is 12.4 Å². The van der Waals surface area contributed by atoms with Crippen LogP contribution in [0.2, 0.25) is 0 Å². The number of aliphatic hydroxyl groups is 1. The maximum Gasteiger partial charge on any atom is 0.135 e. The zero-order valence-corrected chi connectivity index (χ0v) is 6.41. The van der Waals surface area contributed by atoms with Gasteiger partial charge in [0, 0.05) is 12.4 Å². The van der Waals surface area contributed by atoms with E-state index in [0.717, 1.165) is 0 Å². The van der Waals surface area contributed by atoms with Crippen molar-refractivity contribution in [2.24, 2.45) is 0 Å². The van der Waals surface area contributed by atoms with Gasteiger partial charge in [0.1, 0.15) is 12.4 Å². The van der Waals surface area contributed by atoms with E-state index in [4.69, 9.17) is 5.11 Å². The minimum Gasteiger partial charge on any atom is -0.388 e. The summed E-state index contributed by atoms with van der Waals surface area (Å²) in [5.41, 5.74) is 0. The van der Waals surface area contributed by atoms with Crippen molar-refractivity contribution in [1.29, 1.82) is 0 Å². The Hall–Kier alpha value is -1.27. The second-order valence-electron chi connectivity index (χ2n) is 2.06. The van der Waals surface area contributed by atoms with E-state index in [1.165, 1.54) is 0 Å². The van der Waals surface area contributed by atoms with E-state index in [-0.39, 0.29) is 6.61 Å². The summed E-state index contributed by atoms with van der Waals surface area (Å²) >= 11 is 0. The van der Waals surface area contributed by atoms with Crippen molar-refractivity contribution in [2.45, 2.75) is 20.1 Å². The molecule has 58 valence electrons. The first-order chi connectivity index (χ1) is 5.38. The predicted octanol–water partition coefficient (Wildman–Crippen LogP) is 0.399. The molecule has 0 atom stereocenters. The Labute approximate surface area is 65.7 Å². The van der Waals surface area contributed by atoms with Crippen LogP contribution in [0.1, 0.15) is 12.7 Å². The highest BCUT2D eigenvalue weighted by atomic mass is 16.3. The van der Waals surface area contributed by atoms with Gasteiger partial charge >= 0.3 is 0 Å². The van der Waals surface area contributed by atoms with Crippen LogP contribution in [-0.4, -0.2) is 14.7 Å². The Kier molecular flexibility index (Phi) is 2.70. The van der Waals surface area contributed by atoms with Crippen molar-refractivity contribution in [3.05, 3.63) is 18.2 Å². The number of hydrogen-bond donors (Lipinski definition) is 1. The molecule has 0 saturated carbocycles. The second-order valence-corrected chi connectivity index (χ2v) is 2.06. The third-order valence-electron chi connectivity index (χ3n) is 1.37. The number of hydrogen-bond acceptors (Lipinski definition) is 2. The normalized spacial score (nSPS) is 8.91. The monoisotopic (exact) mass is 150 g/mol. The number of aromatic nitrogens is 2. The third kappa shape index (κ3) is 1.82. The molecule has 0 unspecified atom stereocenters. The van der Waals surface area contributed by atoms with Crippen molar-refractivity contribution in [3.63, 3.8) is 0 Å². The Bertz CT molecular complexity index is 280. The molecule has 0 fully saturated rings. The lowest BCUT2D eigenvalue weighted by molar-refractivity contribution is 0.266. The van der Waals surface area contributed by atoms with E-state index in [2.05, 4.69) is 16.8 Å². The molecule has 0 aromatic carbocycles. The molecule has 0 bridgehead atoms. The highest BCUT2D eigenvalue weighted by molar-refractivity contribution is 5.00. The number of imidazole rings is 1. The van der Waals surface area contributed by atoms with E-state index < -0.39 is 0 Å². The van der Waals surface area contributed by atoms with Gasteiger partial charge in [-0.05, 0) is 6.92 Å². The molecule has 0 aliphatic carbocycles. The zero-order chi connectivity index (χ0) is 8.10. The van der Waals surface area contributed by atoms with Gasteiger partial charge in [0.05, 0.1) is 6.54 Å². The molecule has 3 heteroatoms. The first-order valence-corrected chi connectivity index (χ1v) is 3.39. The van der Waals surface area contributed by atoms with Gasteiger partial charge in [0.15, 0.2) is 0 Å². The van der Waals surface area contributed by atoms with Crippen LogP contribution in [0.4, 0.5) is 0 Å². The Morgan fingerprint density at radius 3 is 3.18 bits per heavy atom. The van der Waals surface area contributed by atoms with Crippen molar-refractivity contribution in [1.82, 2.24) is 9.55 Å². The van der Waals surface area contributed by atoms with E-state index in [1.54, 1.807) is 19.3 Å². The predicted molar refractivity (Wildman–Crippen MR) is 41.6 cm³/mol. The van der Waals surface area contributed by atoms with Gasteiger partial charge < -0.3 is 9.67 Å². The summed E-state index contributed by atoms with van der Waals surface area (Å²) < 4.78 is 1.82. The molecule has 3 nitrogen and oxygen atoms in total. The lowest BCUT2D eigenvalue weighted by atomic mass is 10.5. The molecule has 1 N–H and O–H groups in total. The highest BCUT2D eigenvalue weighted by Crippen LogP contribution is 1.95. The van der Waals surface area contributed by atoms with Crippen molar-refractivity contribution < 1.29 is 5.11 Å².